The van der Waals surface area contributed by atoms with E-state index in [1.807, 2.05) is 13.8 Å². The second kappa shape index (κ2) is 5.39. The van der Waals surface area contributed by atoms with Crippen LogP contribution in [-0.4, -0.2) is 34.1 Å². The fourth-order valence-corrected chi connectivity index (χ4v) is 2.26. The van der Waals surface area contributed by atoms with E-state index in [0.717, 1.165) is 12.8 Å². The predicted molar refractivity (Wildman–Crippen MR) is 65.8 cm³/mol. The molecule has 2 N–H and O–H groups in total. The molecule has 0 aliphatic carbocycles. The Hall–Kier alpha value is -1.56. The van der Waals surface area contributed by atoms with E-state index in [4.69, 9.17) is 15.2 Å². The molecule has 1 fully saturated rings. The van der Waals surface area contributed by atoms with Gasteiger partial charge in [0.05, 0.1) is 12.2 Å². The lowest BCUT2D eigenvalue weighted by atomic mass is 10.0. The van der Waals surface area contributed by atoms with Crippen LogP contribution in [0.2, 0.25) is 0 Å². The molecule has 0 bridgehead atoms. The molecule has 6 heteroatoms. The summed E-state index contributed by atoms with van der Waals surface area (Å²) in [4.78, 5) is 11.7. The number of rotatable bonds is 3. The van der Waals surface area contributed by atoms with E-state index in [2.05, 4.69) is 5.10 Å². The maximum atomic E-state index is 11.7. The van der Waals surface area contributed by atoms with Crippen molar-refractivity contribution in [3.8, 4) is 0 Å². The SMILES string of the molecule is CC1CC(OC(=O)Cn2ccc(N)n2)CC(C)O1. The van der Waals surface area contributed by atoms with Gasteiger partial charge in [-0.15, -0.1) is 0 Å². The molecule has 0 saturated carbocycles. The van der Waals surface area contributed by atoms with Gasteiger partial charge in [-0.25, -0.2) is 0 Å². The number of esters is 1. The molecular formula is C12H19N3O3. The van der Waals surface area contributed by atoms with E-state index in [1.54, 1.807) is 12.3 Å². The molecule has 0 amide bonds. The Morgan fingerprint density at radius 1 is 1.56 bits per heavy atom. The number of aromatic nitrogens is 2. The Labute approximate surface area is 106 Å². The molecule has 100 valence electrons. The van der Waals surface area contributed by atoms with Gasteiger partial charge >= 0.3 is 5.97 Å². The quantitative estimate of drug-likeness (QED) is 0.812. The van der Waals surface area contributed by atoms with Crippen LogP contribution in [0.5, 0.6) is 0 Å². The summed E-state index contributed by atoms with van der Waals surface area (Å²) in [6.07, 6.45) is 3.35. The third-order valence-electron chi connectivity index (χ3n) is 2.90. The molecule has 2 rings (SSSR count). The third kappa shape index (κ3) is 3.46. The summed E-state index contributed by atoms with van der Waals surface area (Å²) in [6, 6.07) is 1.64. The van der Waals surface area contributed by atoms with Crippen LogP contribution in [0.25, 0.3) is 0 Å². The van der Waals surface area contributed by atoms with E-state index in [1.165, 1.54) is 4.68 Å². The second-order valence-corrected chi connectivity index (χ2v) is 4.78. The van der Waals surface area contributed by atoms with E-state index < -0.39 is 0 Å². The molecule has 1 aromatic heterocycles. The molecule has 2 atom stereocenters. The lowest BCUT2D eigenvalue weighted by Crippen LogP contribution is -2.36. The zero-order chi connectivity index (χ0) is 13.1. The molecular weight excluding hydrogens is 234 g/mol. The number of nitrogens with two attached hydrogens (primary N) is 1. The number of hydrogen-bond acceptors (Lipinski definition) is 5. The number of nitrogens with zero attached hydrogens (tertiary/aromatic N) is 2. The van der Waals surface area contributed by atoms with Crippen molar-refractivity contribution in [3.05, 3.63) is 12.3 Å². The van der Waals surface area contributed by atoms with Crippen LogP contribution in [0.3, 0.4) is 0 Å². The van der Waals surface area contributed by atoms with Crippen molar-refractivity contribution >= 4 is 11.8 Å². The maximum absolute atomic E-state index is 11.7. The number of nitrogen functional groups attached to an aromatic ring is 1. The number of ether oxygens (including phenoxy) is 2. The average Bonchev–Trinajstić information content (AvgIpc) is 2.61. The minimum atomic E-state index is -0.288. The molecule has 1 aliphatic heterocycles. The monoisotopic (exact) mass is 253 g/mol. The molecule has 1 aromatic rings. The van der Waals surface area contributed by atoms with Gasteiger partial charge in [0.1, 0.15) is 18.5 Å². The van der Waals surface area contributed by atoms with Crippen molar-refractivity contribution in [2.75, 3.05) is 5.73 Å². The molecule has 2 unspecified atom stereocenters. The van der Waals surface area contributed by atoms with Gasteiger partial charge in [-0.3, -0.25) is 9.48 Å². The average molecular weight is 253 g/mol. The largest absolute Gasteiger partial charge is 0.461 e. The highest BCUT2D eigenvalue weighted by atomic mass is 16.6. The van der Waals surface area contributed by atoms with Crippen LogP contribution in [0.1, 0.15) is 26.7 Å². The van der Waals surface area contributed by atoms with E-state index >= 15 is 0 Å². The number of carbonyl (C=O) groups is 1. The summed E-state index contributed by atoms with van der Waals surface area (Å²) in [5.74, 6) is 0.112. The maximum Gasteiger partial charge on any atom is 0.328 e. The van der Waals surface area contributed by atoms with Crippen molar-refractivity contribution in [2.24, 2.45) is 0 Å². The topological polar surface area (TPSA) is 79.4 Å². The van der Waals surface area contributed by atoms with Gasteiger partial charge in [-0.1, -0.05) is 0 Å². The summed E-state index contributed by atoms with van der Waals surface area (Å²) in [6.45, 7) is 4.08. The fourth-order valence-electron chi connectivity index (χ4n) is 2.26. The van der Waals surface area contributed by atoms with Gasteiger partial charge in [-0.05, 0) is 19.9 Å². The molecule has 6 nitrogen and oxygen atoms in total. The predicted octanol–water partition coefficient (Wildman–Crippen LogP) is 0.965. The molecule has 0 radical (unpaired) electrons. The Balaban J connectivity index is 1.83. The van der Waals surface area contributed by atoms with Gasteiger partial charge in [0.25, 0.3) is 0 Å². The fraction of sp³-hybridized carbons (Fsp3) is 0.667. The first-order valence-corrected chi connectivity index (χ1v) is 6.17. The molecule has 1 aliphatic rings. The van der Waals surface area contributed by atoms with E-state index in [0.29, 0.717) is 5.82 Å². The second-order valence-electron chi connectivity index (χ2n) is 4.78. The van der Waals surface area contributed by atoms with Gasteiger partial charge in [0, 0.05) is 19.0 Å². The van der Waals surface area contributed by atoms with Crippen LogP contribution < -0.4 is 5.73 Å². The van der Waals surface area contributed by atoms with Crippen molar-refractivity contribution in [3.63, 3.8) is 0 Å². The summed E-state index contributed by atoms with van der Waals surface area (Å²) in [5.41, 5.74) is 5.47. The van der Waals surface area contributed by atoms with Gasteiger partial charge in [0.2, 0.25) is 0 Å². The first-order chi connectivity index (χ1) is 8.52. The molecule has 1 saturated heterocycles. The molecule has 2 heterocycles. The molecule has 18 heavy (non-hydrogen) atoms. The summed E-state index contributed by atoms with van der Waals surface area (Å²) < 4.78 is 12.5. The Kier molecular flexibility index (Phi) is 3.86. The molecule has 0 aromatic carbocycles. The zero-order valence-electron chi connectivity index (χ0n) is 10.7. The van der Waals surface area contributed by atoms with Gasteiger partial charge in [0.15, 0.2) is 0 Å². The Morgan fingerprint density at radius 3 is 2.78 bits per heavy atom. The van der Waals surface area contributed by atoms with Crippen LogP contribution >= 0.6 is 0 Å². The number of carbonyl (C=O) groups excluding carboxylic acids is 1. The zero-order valence-corrected chi connectivity index (χ0v) is 10.7. The highest BCUT2D eigenvalue weighted by Gasteiger charge is 2.27. The highest BCUT2D eigenvalue weighted by Crippen LogP contribution is 2.21. The van der Waals surface area contributed by atoms with Crippen LogP contribution in [-0.2, 0) is 20.8 Å². The summed E-state index contributed by atoms with van der Waals surface area (Å²) in [5, 5.41) is 3.94. The first-order valence-electron chi connectivity index (χ1n) is 6.17. The lowest BCUT2D eigenvalue weighted by molar-refractivity contribution is -0.160. The van der Waals surface area contributed by atoms with Gasteiger partial charge in [-0.2, -0.15) is 5.10 Å². The van der Waals surface area contributed by atoms with Crippen molar-refractivity contribution in [1.29, 1.82) is 0 Å². The molecule has 0 spiro atoms. The van der Waals surface area contributed by atoms with Gasteiger partial charge < -0.3 is 15.2 Å². The highest BCUT2D eigenvalue weighted by molar-refractivity contribution is 5.69. The van der Waals surface area contributed by atoms with E-state index in [9.17, 15) is 4.79 Å². The van der Waals surface area contributed by atoms with Crippen LogP contribution in [0, 0.1) is 0 Å². The van der Waals surface area contributed by atoms with Crippen molar-refractivity contribution in [2.45, 2.75) is 51.5 Å². The van der Waals surface area contributed by atoms with Crippen molar-refractivity contribution in [1.82, 2.24) is 9.78 Å². The summed E-state index contributed by atoms with van der Waals surface area (Å²) in [7, 11) is 0. The smallest absolute Gasteiger partial charge is 0.328 e. The van der Waals surface area contributed by atoms with Crippen LogP contribution in [0.15, 0.2) is 12.3 Å². The van der Waals surface area contributed by atoms with Crippen LogP contribution in [0.4, 0.5) is 5.82 Å². The third-order valence-corrected chi connectivity index (χ3v) is 2.90. The van der Waals surface area contributed by atoms with Crippen molar-refractivity contribution < 1.29 is 14.3 Å². The minimum absolute atomic E-state index is 0.0656. The number of anilines is 1. The Morgan fingerprint density at radius 2 is 2.22 bits per heavy atom. The lowest BCUT2D eigenvalue weighted by Gasteiger charge is -2.31. The van der Waals surface area contributed by atoms with E-state index in [-0.39, 0.29) is 30.8 Å². The minimum Gasteiger partial charge on any atom is -0.461 e. The summed E-state index contributed by atoms with van der Waals surface area (Å²) >= 11 is 0. The Bertz CT molecular complexity index is 408. The first kappa shape index (κ1) is 12.9. The normalized spacial score (nSPS) is 28.0. The standard InChI is InChI=1S/C12H19N3O3/c1-8-5-10(6-9(2)17-8)18-12(16)7-15-4-3-11(13)14-15/h3-4,8-10H,5-7H2,1-2H3,(H2,13,14). The number of hydrogen-bond donors (Lipinski definition) is 1.